The second-order valence-electron chi connectivity index (χ2n) is 8.50. The van der Waals surface area contributed by atoms with Crippen molar-refractivity contribution in [3.05, 3.63) is 42.0 Å². The van der Waals surface area contributed by atoms with Crippen LogP contribution in [0.1, 0.15) is 19.4 Å². The van der Waals surface area contributed by atoms with Crippen molar-refractivity contribution < 1.29 is 32.2 Å². The lowest BCUT2D eigenvalue weighted by molar-refractivity contribution is -0.118. The Bertz CT molecular complexity index is 1140. The molecule has 4 rings (SSSR count). The fraction of sp³-hybridized carbons (Fsp3) is 0.435. The van der Waals surface area contributed by atoms with E-state index in [1.807, 2.05) is 26.0 Å². The lowest BCUT2D eigenvalue weighted by Crippen LogP contribution is -2.40. The van der Waals surface area contributed by atoms with Crippen LogP contribution < -0.4 is 19.5 Å². The number of anilines is 1. The largest absolute Gasteiger partial charge is 0.495 e. The summed E-state index contributed by atoms with van der Waals surface area (Å²) in [6, 6.07) is 10.1. The quantitative estimate of drug-likeness (QED) is 0.655. The molecule has 2 aromatic carbocycles. The zero-order valence-electron chi connectivity index (χ0n) is 18.9. The Hall–Kier alpha value is -2.82. The fourth-order valence-electron chi connectivity index (χ4n) is 3.92. The first-order valence-corrected chi connectivity index (χ1v) is 12.1. The van der Waals surface area contributed by atoms with Gasteiger partial charge in [-0.3, -0.25) is 4.79 Å². The van der Waals surface area contributed by atoms with Gasteiger partial charge in [0, 0.05) is 30.8 Å². The molecule has 1 N–H and O–H groups in total. The number of para-hydroxylation sites is 1. The van der Waals surface area contributed by atoms with Crippen molar-refractivity contribution in [1.82, 2.24) is 4.31 Å². The van der Waals surface area contributed by atoms with Crippen molar-refractivity contribution >= 4 is 21.6 Å². The highest BCUT2D eigenvalue weighted by Gasteiger charge is 2.32. The van der Waals surface area contributed by atoms with Gasteiger partial charge >= 0.3 is 0 Å². The van der Waals surface area contributed by atoms with E-state index in [2.05, 4.69) is 5.32 Å². The maximum absolute atomic E-state index is 13.1. The summed E-state index contributed by atoms with van der Waals surface area (Å²) >= 11 is 0. The van der Waals surface area contributed by atoms with Crippen LogP contribution in [0.5, 0.6) is 17.2 Å². The topological polar surface area (TPSA) is 103 Å². The van der Waals surface area contributed by atoms with E-state index >= 15 is 0 Å². The number of hydrogen-bond acceptors (Lipinski definition) is 7. The van der Waals surface area contributed by atoms with Crippen LogP contribution in [0.15, 0.2) is 41.3 Å². The van der Waals surface area contributed by atoms with Gasteiger partial charge in [-0.2, -0.15) is 4.31 Å². The van der Waals surface area contributed by atoms with Crippen molar-refractivity contribution in [2.45, 2.75) is 30.8 Å². The number of hydrogen-bond donors (Lipinski definition) is 1. The molecule has 33 heavy (non-hydrogen) atoms. The number of morpholine rings is 1. The molecule has 1 amide bonds. The molecule has 2 heterocycles. The van der Waals surface area contributed by atoms with Gasteiger partial charge in [-0.05, 0) is 38.1 Å². The third kappa shape index (κ3) is 5.07. The van der Waals surface area contributed by atoms with Gasteiger partial charge in [0.25, 0.3) is 5.91 Å². The predicted octanol–water partition coefficient (Wildman–Crippen LogP) is 2.45. The van der Waals surface area contributed by atoms with E-state index < -0.39 is 15.9 Å². The second kappa shape index (κ2) is 9.20. The van der Waals surface area contributed by atoms with Crippen LogP contribution in [-0.2, 0) is 26.0 Å². The van der Waals surface area contributed by atoms with Gasteiger partial charge < -0.3 is 24.3 Å². The molecule has 1 fully saturated rings. The third-order valence-electron chi connectivity index (χ3n) is 5.45. The van der Waals surface area contributed by atoms with Gasteiger partial charge in [0.2, 0.25) is 10.0 Å². The van der Waals surface area contributed by atoms with E-state index in [1.165, 1.54) is 23.5 Å². The summed E-state index contributed by atoms with van der Waals surface area (Å²) in [6.45, 7) is 4.93. The number of carbonyl (C=O) groups is 1. The van der Waals surface area contributed by atoms with E-state index in [1.54, 1.807) is 12.1 Å². The zero-order chi connectivity index (χ0) is 23.6. The maximum atomic E-state index is 13.1. The summed E-state index contributed by atoms with van der Waals surface area (Å²) in [6.07, 6.45) is 0.762. The summed E-state index contributed by atoms with van der Waals surface area (Å²) in [5.74, 6) is 0.928. The number of benzene rings is 2. The zero-order valence-corrected chi connectivity index (χ0v) is 19.7. The number of nitrogens with zero attached hydrogens (tertiary/aromatic N) is 1. The van der Waals surface area contributed by atoms with E-state index in [0.717, 1.165) is 12.0 Å². The van der Waals surface area contributed by atoms with Crippen LogP contribution in [-0.4, -0.2) is 64.3 Å². The number of methoxy groups -OCH3 is 1. The summed E-state index contributed by atoms with van der Waals surface area (Å²) < 4.78 is 49.8. The first-order valence-electron chi connectivity index (χ1n) is 10.7. The molecule has 1 saturated heterocycles. The SMILES string of the molecule is COc1ccc(NC(=O)COc2cccc3c2OC(C)(C)C3)cc1S(=O)(=O)N1CCOCC1. The Morgan fingerprint density at radius 3 is 2.64 bits per heavy atom. The number of nitrogens with one attached hydrogen (secondary N) is 1. The first-order chi connectivity index (χ1) is 15.7. The van der Waals surface area contributed by atoms with E-state index in [9.17, 15) is 13.2 Å². The molecule has 10 heteroatoms. The second-order valence-corrected chi connectivity index (χ2v) is 10.4. The van der Waals surface area contributed by atoms with Crippen LogP contribution in [0, 0.1) is 0 Å². The highest BCUT2D eigenvalue weighted by molar-refractivity contribution is 7.89. The molecular formula is C23H28N2O7S. The fourth-order valence-corrected chi connectivity index (χ4v) is 5.51. The van der Waals surface area contributed by atoms with Gasteiger partial charge in [-0.1, -0.05) is 12.1 Å². The molecule has 0 saturated carbocycles. The Kier molecular flexibility index (Phi) is 6.51. The van der Waals surface area contributed by atoms with Crippen molar-refractivity contribution in [3.63, 3.8) is 0 Å². The molecule has 2 aliphatic rings. The van der Waals surface area contributed by atoms with E-state index in [0.29, 0.717) is 30.4 Å². The average Bonchev–Trinajstić information content (AvgIpc) is 3.12. The van der Waals surface area contributed by atoms with Crippen LogP contribution in [0.25, 0.3) is 0 Å². The molecular weight excluding hydrogens is 448 g/mol. The highest BCUT2D eigenvalue weighted by Crippen LogP contribution is 2.41. The van der Waals surface area contributed by atoms with Gasteiger partial charge in [0.05, 0.1) is 20.3 Å². The molecule has 2 aromatic rings. The predicted molar refractivity (Wildman–Crippen MR) is 122 cm³/mol. The highest BCUT2D eigenvalue weighted by atomic mass is 32.2. The Balaban J connectivity index is 1.46. The molecule has 178 valence electrons. The molecule has 0 aliphatic carbocycles. The third-order valence-corrected chi connectivity index (χ3v) is 7.37. The summed E-state index contributed by atoms with van der Waals surface area (Å²) in [5.41, 5.74) is 1.04. The van der Waals surface area contributed by atoms with Crippen LogP contribution in [0.4, 0.5) is 5.69 Å². The van der Waals surface area contributed by atoms with Crippen molar-refractivity contribution in [2.24, 2.45) is 0 Å². The molecule has 0 spiro atoms. The smallest absolute Gasteiger partial charge is 0.262 e. The number of sulfonamides is 1. The minimum atomic E-state index is -3.81. The van der Waals surface area contributed by atoms with Crippen molar-refractivity contribution in [3.8, 4) is 17.2 Å². The van der Waals surface area contributed by atoms with Crippen LogP contribution in [0.3, 0.4) is 0 Å². The number of carbonyl (C=O) groups excluding carboxylic acids is 1. The first kappa shape index (κ1) is 23.3. The molecule has 0 atom stereocenters. The summed E-state index contributed by atoms with van der Waals surface area (Å²) in [7, 11) is -2.40. The van der Waals surface area contributed by atoms with Gasteiger partial charge in [-0.25, -0.2) is 8.42 Å². The molecule has 2 aliphatic heterocycles. The minimum absolute atomic E-state index is 0.0119. The van der Waals surface area contributed by atoms with Crippen LogP contribution in [0.2, 0.25) is 0 Å². The van der Waals surface area contributed by atoms with Gasteiger partial charge in [-0.15, -0.1) is 0 Å². The number of amides is 1. The standard InChI is InChI=1S/C23H28N2O7S/c1-23(2)14-16-5-4-6-19(22(16)32-23)31-15-21(26)24-17-7-8-18(29-3)20(13-17)33(27,28)25-9-11-30-12-10-25/h4-8,13H,9-12,14-15H2,1-3H3,(H,24,26). The number of rotatable bonds is 7. The Morgan fingerprint density at radius 1 is 1.15 bits per heavy atom. The lowest BCUT2D eigenvalue weighted by Gasteiger charge is -2.26. The number of ether oxygens (including phenoxy) is 4. The van der Waals surface area contributed by atoms with Crippen molar-refractivity contribution in [1.29, 1.82) is 0 Å². The molecule has 0 bridgehead atoms. The lowest BCUT2D eigenvalue weighted by atomic mass is 10.0. The summed E-state index contributed by atoms with van der Waals surface area (Å²) in [5, 5.41) is 2.69. The van der Waals surface area contributed by atoms with E-state index in [-0.39, 0.29) is 35.9 Å². The van der Waals surface area contributed by atoms with E-state index in [4.69, 9.17) is 18.9 Å². The molecule has 9 nitrogen and oxygen atoms in total. The van der Waals surface area contributed by atoms with Gasteiger partial charge in [0.15, 0.2) is 18.1 Å². The molecule has 0 aromatic heterocycles. The Morgan fingerprint density at radius 2 is 1.91 bits per heavy atom. The maximum Gasteiger partial charge on any atom is 0.262 e. The molecule has 0 radical (unpaired) electrons. The monoisotopic (exact) mass is 476 g/mol. The minimum Gasteiger partial charge on any atom is -0.495 e. The van der Waals surface area contributed by atoms with Gasteiger partial charge in [0.1, 0.15) is 16.2 Å². The van der Waals surface area contributed by atoms with Crippen molar-refractivity contribution in [2.75, 3.05) is 45.3 Å². The summed E-state index contributed by atoms with van der Waals surface area (Å²) in [4.78, 5) is 12.5. The van der Waals surface area contributed by atoms with Crippen LogP contribution >= 0.6 is 0 Å². The normalized spacial score (nSPS) is 17.7. The average molecular weight is 477 g/mol. The molecule has 0 unspecified atom stereocenters. The Labute approximate surface area is 193 Å². The number of fused-ring (bicyclic) bond motifs is 1.